The molecule has 0 heterocycles. The van der Waals surface area contributed by atoms with Gasteiger partial charge in [0.05, 0.1) is 10.5 Å². The van der Waals surface area contributed by atoms with E-state index in [1.54, 1.807) is 0 Å². The smallest absolute Gasteiger partial charge is 0.241 e. The molecule has 5 nitrogen and oxygen atoms in total. The maximum Gasteiger partial charge on any atom is 0.241 e. The first kappa shape index (κ1) is 13.5. The molecule has 0 bridgehead atoms. The fourth-order valence-corrected chi connectivity index (χ4v) is 2.57. The number of sulfonamides is 1. The summed E-state index contributed by atoms with van der Waals surface area (Å²) in [6.45, 7) is 4.13. The van der Waals surface area contributed by atoms with E-state index in [1.165, 1.54) is 18.2 Å². The summed E-state index contributed by atoms with van der Waals surface area (Å²) in [7, 11) is -3.64. The fourth-order valence-electron chi connectivity index (χ4n) is 1.22. The van der Waals surface area contributed by atoms with Crippen molar-refractivity contribution in [2.75, 3.05) is 12.3 Å². The van der Waals surface area contributed by atoms with Crippen LogP contribution in [0, 0.1) is 17.2 Å². The Hall–Kier alpha value is -1.58. The molecule has 92 valence electrons. The van der Waals surface area contributed by atoms with Crippen LogP contribution in [0.4, 0.5) is 5.69 Å². The van der Waals surface area contributed by atoms with Crippen LogP contribution in [-0.4, -0.2) is 15.0 Å². The normalized spacial score (nSPS) is 11.4. The number of nitrogen functional groups attached to an aromatic ring is 1. The summed E-state index contributed by atoms with van der Waals surface area (Å²) < 4.78 is 26.3. The predicted molar refractivity (Wildman–Crippen MR) is 65.6 cm³/mol. The molecule has 0 amide bonds. The van der Waals surface area contributed by atoms with Gasteiger partial charge in [-0.05, 0) is 24.1 Å². The van der Waals surface area contributed by atoms with Gasteiger partial charge in [0.15, 0.2) is 0 Å². The molecule has 0 radical (unpaired) electrons. The molecule has 0 atom stereocenters. The topological polar surface area (TPSA) is 96.0 Å². The minimum Gasteiger partial charge on any atom is -0.399 e. The molecule has 0 spiro atoms. The number of anilines is 1. The highest BCUT2D eigenvalue weighted by molar-refractivity contribution is 7.89. The lowest BCUT2D eigenvalue weighted by molar-refractivity contribution is 0.560. The maximum absolute atomic E-state index is 11.9. The van der Waals surface area contributed by atoms with E-state index in [1.807, 2.05) is 19.9 Å². The number of nitrogens with two attached hydrogens (primary N) is 1. The van der Waals surface area contributed by atoms with Gasteiger partial charge in [-0.2, -0.15) is 5.26 Å². The van der Waals surface area contributed by atoms with Gasteiger partial charge in [-0.1, -0.05) is 13.8 Å². The minimum absolute atomic E-state index is 0.0325. The highest BCUT2D eigenvalue weighted by Gasteiger charge is 2.18. The van der Waals surface area contributed by atoms with Crippen LogP contribution in [0.3, 0.4) is 0 Å². The monoisotopic (exact) mass is 253 g/mol. The Bertz CT molecular complexity index is 544. The molecule has 17 heavy (non-hydrogen) atoms. The van der Waals surface area contributed by atoms with Gasteiger partial charge in [-0.15, -0.1) is 0 Å². The summed E-state index contributed by atoms with van der Waals surface area (Å²) in [6.07, 6.45) is 0. The van der Waals surface area contributed by atoms with E-state index in [2.05, 4.69) is 4.72 Å². The highest BCUT2D eigenvalue weighted by atomic mass is 32.2. The average molecular weight is 253 g/mol. The van der Waals surface area contributed by atoms with Crippen LogP contribution in [-0.2, 0) is 10.0 Å². The summed E-state index contributed by atoms with van der Waals surface area (Å²) in [4.78, 5) is -0.0325. The molecule has 0 aromatic heterocycles. The first-order chi connectivity index (χ1) is 7.86. The van der Waals surface area contributed by atoms with E-state index >= 15 is 0 Å². The number of nitrogens with one attached hydrogen (secondary N) is 1. The van der Waals surface area contributed by atoms with Gasteiger partial charge in [0.25, 0.3) is 0 Å². The summed E-state index contributed by atoms with van der Waals surface area (Å²) in [6, 6.07) is 5.99. The summed E-state index contributed by atoms with van der Waals surface area (Å²) in [5.74, 6) is 0.198. The lowest BCUT2D eigenvalue weighted by Crippen LogP contribution is -2.28. The molecule has 1 aromatic rings. The van der Waals surface area contributed by atoms with E-state index in [9.17, 15) is 8.42 Å². The zero-order valence-corrected chi connectivity index (χ0v) is 10.6. The number of benzene rings is 1. The average Bonchev–Trinajstić information content (AvgIpc) is 2.26. The number of rotatable bonds is 4. The molecule has 1 aromatic carbocycles. The second-order valence-electron chi connectivity index (χ2n) is 4.11. The Morgan fingerprint density at radius 2 is 2.12 bits per heavy atom. The van der Waals surface area contributed by atoms with E-state index in [4.69, 9.17) is 11.0 Å². The van der Waals surface area contributed by atoms with Crippen molar-refractivity contribution in [3.8, 4) is 6.07 Å². The number of hydrogen-bond donors (Lipinski definition) is 2. The third-order valence-corrected chi connectivity index (χ3v) is 3.58. The van der Waals surface area contributed by atoms with Gasteiger partial charge in [0.2, 0.25) is 10.0 Å². The van der Waals surface area contributed by atoms with Crippen molar-refractivity contribution in [2.24, 2.45) is 5.92 Å². The molecule has 0 aliphatic rings. The Balaban J connectivity index is 3.12. The third kappa shape index (κ3) is 3.44. The van der Waals surface area contributed by atoms with E-state index < -0.39 is 10.0 Å². The number of nitriles is 1. The van der Waals surface area contributed by atoms with Crippen LogP contribution >= 0.6 is 0 Å². The fraction of sp³-hybridized carbons (Fsp3) is 0.364. The van der Waals surface area contributed by atoms with Crippen molar-refractivity contribution < 1.29 is 8.42 Å². The van der Waals surface area contributed by atoms with Crippen molar-refractivity contribution in [3.63, 3.8) is 0 Å². The zero-order chi connectivity index (χ0) is 13.1. The van der Waals surface area contributed by atoms with Crippen molar-refractivity contribution in [1.29, 1.82) is 5.26 Å². The summed E-state index contributed by atoms with van der Waals surface area (Å²) >= 11 is 0. The molecule has 0 fully saturated rings. The van der Waals surface area contributed by atoms with Gasteiger partial charge in [0, 0.05) is 12.2 Å². The largest absolute Gasteiger partial charge is 0.399 e. The van der Waals surface area contributed by atoms with Crippen LogP contribution in [0.5, 0.6) is 0 Å². The van der Waals surface area contributed by atoms with Crippen LogP contribution in [0.15, 0.2) is 23.1 Å². The number of hydrogen-bond acceptors (Lipinski definition) is 4. The SMILES string of the molecule is CC(C)CNS(=O)(=O)c1ccc(N)cc1C#N. The zero-order valence-electron chi connectivity index (χ0n) is 9.77. The predicted octanol–water partition coefficient (Wildman–Crippen LogP) is 1.07. The molecule has 0 unspecified atom stereocenters. The van der Waals surface area contributed by atoms with Crippen molar-refractivity contribution >= 4 is 15.7 Å². The molecule has 6 heteroatoms. The molecule has 0 saturated heterocycles. The molecule has 1 rings (SSSR count). The standard InChI is InChI=1S/C11H15N3O2S/c1-8(2)7-14-17(15,16)11-4-3-10(13)5-9(11)6-12/h3-5,8,14H,7,13H2,1-2H3. The first-order valence-electron chi connectivity index (χ1n) is 5.16. The Morgan fingerprint density at radius 3 is 2.65 bits per heavy atom. The third-order valence-electron chi connectivity index (χ3n) is 2.10. The molecule has 3 N–H and O–H groups in total. The number of nitrogens with zero attached hydrogens (tertiary/aromatic N) is 1. The van der Waals surface area contributed by atoms with Gasteiger partial charge in [-0.3, -0.25) is 0 Å². The van der Waals surface area contributed by atoms with Crippen molar-refractivity contribution in [1.82, 2.24) is 4.72 Å². The van der Waals surface area contributed by atoms with E-state index in [0.29, 0.717) is 12.2 Å². The van der Waals surface area contributed by atoms with Crippen LogP contribution in [0.2, 0.25) is 0 Å². The lowest BCUT2D eigenvalue weighted by atomic mass is 10.2. The second-order valence-corrected chi connectivity index (χ2v) is 5.85. The molecular weight excluding hydrogens is 238 g/mol. The van der Waals surface area contributed by atoms with Crippen molar-refractivity contribution in [3.05, 3.63) is 23.8 Å². The van der Waals surface area contributed by atoms with Crippen LogP contribution in [0.25, 0.3) is 0 Å². The molecule has 0 aliphatic heterocycles. The van der Waals surface area contributed by atoms with Gasteiger partial charge in [0.1, 0.15) is 6.07 Å². The van der Waals surface area contributed by atoms with Gasteiger partial charge in [-0.25, -0.2) is 13.1 Å². The quantitative estimate of drug-likeness (QED) is 0.784. The van der Waals surface area contributed by atoms with Crippen LogP contribution < -0.4 is 10.5 Å². The molecule has 0 saturated carbocycles. The second kappa shape index (κ2) is 5.17. The maximum atomic E-state index is 11.9. The Labute approximate surface area is 101 Å². The minimum atomic E-state index is -3.64. The molecular formula is C11H15N3O2S. The summed E-state index contributed by atoms with van der Waals surface area (Å²) in [5, 5.41) is 8.89. The summed E-state index contributed by atoms with van der Waals surface area (Å²) in [5.41, 5.74) is 5.92. The molecule has 0 aliphatic carbocycles. The van der Waals surface area contributed by atoms with E-state index in [0.717, 1.165) is 0 Å². The van der Waals surface area contributed by atoms with E-state index in [-0.39, 0.29) is 16.4 Å². The van der Waals surface area contributed by atoms with Gasteiger partial charge < -0.3 is 5.73 Å². The van der Waals surface area contributed by atoms with Gasteiger partial charge >= 0.3 is 0 Å². The van der Waals surface area contributed by atoms with Crippen LogP contribution in [0.1, 0.15) is 19.4 Å². The lowest BCUT2D eigenvalue weighted by Gasteiger charge is -2.10. The Kier molecular flexibility index (Phi) is 4.10. The highest BCUT2D eigenvalue weighted by Crippen LogP contribution is 2.17. The van der Waals surface area contributed by atoms with Crippen molar-refractivity contribution in [2.45, 2.75) is 18.7 Å². The Morgan fingerprint density at radius 1 is 1.47 bits per heavy atom. The first-order valence-corrected chi connectivity index (χ1v) is 6.64.